The van der Waals surface area contributed by atoms with Gasteiger partial charge in [0, 0.05) is 65.8 Å². The molecule has 0 heterocycles. The van der Waals surface area contributed by atoms with Crippen LogP contribution >= 0.6 is 0 Å². The number of benzene rings is 8. The van der Waals surface area contributed by atoms with Gasteiger partial charge in [0.2, 0.25) is 0 Å². The maximum Gasteiger partial charge on any atom is 0.302 e. The standard InChI is InChI=1S/C13H22O2Si.7C7H8.2C5H12O2.C4H9O2Si.2C4H10O2.2C3H8O2.6Si/c1-11-8-7-9-12(10-11)16(5,6)15-14-13(2,3)4;7*1-7-5-3-2-4-6-7;2*1-4-5(2,3)7-6;1-4(2,3)5-6-7;2*1-4(2,3)6-5;2*1-3(2)5-4;;;;;;/h7-10H,1-6H3;7*2-6H,1H3;2*6H,4H2,1-3H3;1-3H3;2*5H,1-3H3;2*3-4H,1-2H3;;;;;;. The summed E-state index contributed by atoms with van der Waals surface area (Å²) in [6.45, 7) is 61.5. The van der Waals surface area contributed by atoms with Gasteiger partial charge in [0.15, 0.2) is 0 Å². The van der Waals surface area contributed by atoms with Gasteiger partial charge in [-0.3, -0.25) is 40.7 Å². The predicted molar refractivity (Wildman–Crippen MR) is 491 cm³/mol. The summed E-state index contributed by atoms with van der Waals surface area (Å²) in [4.78, 5) is 33.6. The Morgan fingerprint density at radius 3 is 0.553 bits per heavy atom. The van der Waals surface area contributed by atoms with Gasteiger partial charge in [0.1, 0.15) is 0 Å². The molecule has 0 aliphatic heterocycles. The summed E-state index contributed by atoms with van der Waals surface area (Å²) < 4.78 is 9.89. The van der Waals surface area contributed by atoms with Crippen LogP contribution in [0.25, 0.3) is 0 Å². The molecular weight excluding hydrogens is 1560 g/mol. The van der Waals surface area contributed by atoms with Crippen LogP contribution in [-0.4, -0.2) is 162 Å². The van der Waals surface area contributed by atoms with E-state index in [0.29, 0.717) is 0 Å². The summed E-state index contributed by atoms with van der Waals surface area (Å²) >= 11 is 0. The second-order valence-electron chi connectivity index (χ2n) is 30.6. The molecule has 6 N–H and O–H groups in total. The van der Waals surface area contributed by atoms with Gasteiger partial charge in [-0.05, 0) is 225 Å². The zero-order valence-corrected chi connectivity index (χ0v) is 83.4. The lowest BCUT2D eigenvalue weighted by Gasteiger charge is -2.27. The van der Waals surface area contributed by atoms with E-state index in [9.17, 15) is 0 Å². The molecule has 0 unspecified atom stereocenters. The Morgan fingerprint density at radius 2 is 0.465 bits per heavy atom. The average molecular weight is 1710 g/mol. The third kappa shape index (κ3) is 120. The van der Waals surface area contributed by atoms with E-state index in [-0.39, 0.29) is 100 Å². The van der Waals surface area contributed by atoms with Crippen LogP contribution in [0.2, 0.25) is 13.1 Å². The Kier molecular flexibility index (Phi) is 102. The van der Waals surface area contributed by atoms with E-state index in [4.69, 9.17) is 41.0 Å². The van der Waals surface area contributed by atoms with Crippen LogP contribution in [0.5, 0.6) is 0 Å². The van der Waals surface area contributed by atoms with Crippen LogP contribution in [-0.2, 0) is 48.3 Å². The molecule has 0 atom stereocenters. The first-order chi connectivity index (χ1) is 49.9. The van der Waals surface area contributed by atoms with Crippen LogP contribution < -0.4 is 5.19 Å². The van der Waals surface area contributed by atoms with Gasteiger partial charge < -0.3 is 0 Å². The molecule has 8 aromatic rings. The molecule has 0 saturated heterocycles. The molecule has 16 nitrogen and oxygen atoms in total. The van der Waals surface area contributed by atoms with E-state index in [1.165, 1.54) is 49.7 Å². The van der Waals surface area contributed by atoms with Crippen molar-refractivity contribution in [3.63, 3.8) is 0 Å². The van der Waals surface area contributed by atoms with Gasteiger partial charge in [0.05, 0.1) is 45.8 Å². The summed E-state index contributed by atoms with van der Waals surface area (Å²) in [7, 11) is 0.763. The van der Waals surface area contributed by atoms with Gasteiger partial charge in [-0.15, -0.1) is 0 Å². The summed E-state index contributed by atoms with van der Waals surface area (Å²) in [5.74, 6) is 0. The Bertz CT molecular complexity index is 2710. The van der Waals surface area contributed by atoms with Gasteiger partial charge in [-0.25, -0.2) is 39.1 Å². The first-order valence-electron chi connectivity index (χ1n) is 36.4. The van der Waals surface area contributed by atoms with Crippen molar-refractivity contribution >= 4 is 89.8 Å². The van der Waals surface area contributed by atoms with Crippen molar-refractivity contribution in [3.8, 4) is 0 Å². The molecule has 8 aromatic carbocycles. The molecular formula is C90H147O16Si8. The highest BCUT2D eigenvalue weighted by Gasteiger charge is 2.29. The molecule has 24 heteroatoms. The number of hydrogen-bond acceptors (Lipinski definition) is 16. The summed E-state index contributed by atoms with van der Waals surface area (Å²) in [6, 6.07) is 80.3. The van der Waals surface area contributed by atoms with Crippen LogP contribution in [0.3, 0.4) is 0 Å². The van der Waals surface area contributed by atoms with E-state index < -0.39 is 19.5 Å². The fourth-order valence-corrected chi connectivity index (χ4v) is 7.17. The third-order valence-electron chi connectivity index (χ3n) is 12.3. The first-order valence-corrected chi connectivity index (χ1v) is 39.7. The topological polar surface area (TPSA) is 214 Å². The zero-order chi connectivity index (χ0) is 84.9. The van der Waals surface area contributed by atoms with Crippen LogP contribution in [0.15, 0.2) is 237 Å². The molecule has 0 spiro atoms. The molecule has 0 fully saturated rings. The zero-order valence-electron chi connectivity index (χ0n) is 75.4. The Labute approximate surface area is 725 Å². The van der Waals surface area contributed by atoms with E-state index in [2.05, 4.69) is 227 Å². The lowest BCUT2D eigenvalue weighted by Crippen LogP contribution is -2.46. The normalized spacial score (nSPS) is 9.87. The van der Waals surface area contributed by atoms with Crippen molar-refractivity contribution in [1.29, 1.82) is 0 Å². The fraction of sp³-hybridized carbons (Fsp3) is 0.467. The fourth-order valence-electron chi connectivity index (χ4n) is 5.29. The highest BCUT2D eigenvalue weighted by molar-refractivity contribution is 6.84. The van der Waals surface area contributed by atoms with E-state index in [0.717, 1.165) is 12.8 Å². The van der Waals surface area contributed by atoms with Crippen molar-refractivity contribution in [2.75, 3.05) is 0 Å². The molecule has 0 aromatic heterocycles. The van der Waals surface area contributed by atoms with E-state index in [1.54, 1.807) is 69.2 Å². The summed E-state index contributed by atoms with van der Waals surface area (Å²) in [6.07, 6.45) is 1.53. The Morgan fingerprint density at radius 1 is 0.289 bits per heavy atom. The first kappa shape index (κ1) is 138. The van der Waals surface area contributed by atoms with E-state index in [1.807, 2.05) is 210 Å². The SMILES string of the molecule is CC(C)(C)OO.CC(C)(C)OO.CC(C)(C)OO[Si].CC(C)OO.CC(C)OO.CCC(C)(C)OO.CCC(C)(C)OO.Cc1cccc([Si](C)(C)OOC(C)(C)C)c1.Cc1ccccc1.Cc1ccccc1.Cc1ccccc1.Cc1ccccc1.Cc1ccccc1.Cc1ccccc1.Cc1ccccc1.[Si].[Si].[Si].[Si].[Si].[Si]. The van der Waals surface area contributed by atoms with Crippen LogP contribution in [0, 0.1) is 55.4 Å². The molecule has 8 rings (SSSR count). The van der Waals surface area contributed by atoms with Crippen molar-refractivity contribution in [2.24, 2.45) is 0 Å². The quantitative estimate of drug-likeness (QED) is 0.0427. The minimum absolute atomic E-state index is 0. The number of aryl methyl sites for hydroxylation is 8. The van der Waals surface area contributed by atoms with Gasteiger partial charge in [-0.2, -0.15) is 0 Å². The number of hydrogen-bond donors (Lipinski definition) is 6. The third-order valence-corrected chi connectivity index (χ3v) is 14.5. The van der Waals surface area contributed by atoms with Crippen LogP contribution in [0.1, 0.15) is 210 Å². The number of rotatable bonds is 10. The van der Waals surface area contributed by atoms with Gasteiger partial charge in [-0.1, -0.05) is 295 Å². The molecule has 0 aliphatic rings. The second kappa shape index (κ2) is 84.3. The van der Waals surface area contributed by atoms with Gasteiger partial charge in [0.25, 0.3) is 8.32 Å². The average Bonchev–Trinajstić information content (AvgIpc) is 0.838. The molecule has 635 valence electrons. The minimum Gasteiger partial charge on any atom is -0.288 e. The Hall–Kier alpha value is -5.14. The highest BCUT2D eigenvalue weighted by Crippen LogP contribution is 2.15. The maximum absolute atomic E-state index is 8.09. The lowest BCUT2D eigenvalue weighted by atomic mass is 10.1. The van der Waals surface area contributed by atoms with Crippen molar-refractivity contribution in [2.45, 2.75) is 279 Å². The van der Waals surface area contributed by atoms with Crippen molar-refractivity contribution in [3.05, 3.63) is 281 Å². The summed E-state index contributed by atoms with van der Waals surface area (Å²) in [5, 5.41) is 48.5. The molecule has 0 aliphatic carbocycles. The molecule has 0 amide bonds. The maximum atomic E-state index is 8.09. The second-order valence-corrected chi connectivity index (χ2v) is 34.6. The lowest BCUT2D eigenvalue weighted by molar-refractivity contribution is -0.313. The largest absolute Gasteiger partial charge is 0.302 e. The van der Waals surface area contributed by atoms with Crippen molar-refractivity contribution < 1.29 is 79.8 Å². The van der Waals surface area contributed by atoms with Crippen molar-refractivity contribution in [1.82, 2.24) is 0 Å². The minimum atomic E-state index is -1.94. The molecule has 114 heavy (non-hydrogen) atoms. The van der Waals surface area contributed by atoms with Gasteiger partial charge >= 0.3 is 10.5 Å². The monoisotopic (exact) mass is 1710 g/mol. The molecule has 0 saturated carbocycles. The molecule has 27 radical (unpaired) electrons. The highest BCUT2D eigenvalue weighted by atomic mass is 28.4. The van der Waals surface area contributed by atoms with E-state index >= 15 is 0 Å². The summed E-state index contributed by atoms with van der Waals surface area (Å²) in [5.41, 5.74) is 8.51. The Balaban J connectivity index is -0.0000000877. The smallest absolute Gasteiger partial charge is 0.288 e. The van der Waals surface area contributed by atoms with Crippen LogP contribution in [0.4, 0.5) is 0 Å². The molecule has 0 bridgehead atoms. The predicted octanol–water partition coefficient (Wildman–Crippen LogP) is 23.3.